The van der Waals surface area contributed by atoms with E-state index in [1.807, 2.05) is 20.0 Å². The van der Waals surface area contributed by atoms with Gasteiger partial charge >= 0.3 is 6.18 Å². The van der Waals surface area contributed by atoms with Crippen LogP contribution in [0.15, 0.2) is 6.20 Å². The maximum atomic E-state index is 13.0. The first-order valence-corrected chi connectivity index (χ1v) is 8.44. The summed E-state index contributed by atoms with van der Waals surface area (Å²) < 4.78 is 41.7. The fourth-order valence-electron chi connectivity index (χ4n) is 2.69. The zero-order chi connectivity index (χ0) is 19.8. The molecule has 0 aliphatic heterocycles. The van der Waals surface area contributed by atoms with Crippen molar-refractivity contribution < 1.29 is 18.0 Å². The fraction of sp³-hybridized carbons (Fsp3) is 0.562. The lowest BCUT2D eigenvalue weighted by Gasteiger charge is -2.22. The minimum atomic E-state index is -4.67. The zero-order valence-electron chi connectivity index (χ0n) is 15.2. The molecule has 0 aliphatic rings. The van der Waals surface area contributed by atoms with Gasteiger partial charge in [-0.05, 0) is 27.7 Å². The molecular formula is C16H21ClF3N5O. The van der Waals surface area contributed by atoms with Crippen molar-refractivity contribution in [2.75, 3.05) is 7.05 Å². The van der Waals surface area contributed by atoms with Gasteiger partial charge in [0.2, 0.25) is 5.91 Å². The van der Waals surface area contributed by atoms with Crippen LogP contribution in [-0.4, -0.2) is 37.4 Å². The summed E-state index contributed by atoms with van der Waals surface area (Å²) >= 11 is 5.76. The van der Waals surface area contributed by atoms with Crippen molar-refractivity contribution in [3.8, 4) is 0 Å². The van der Waals surface area contributed by atoms with E-state index in [9.17, 15) is 18.0 Å². The Bertz CT molecular complexity index is 812. The number of rotatable bonds is 5. The summed E-state index contributed by atoms with van der Waals surface area (Å²) in [6, 6.07) is -0.921. The third-order valence-electron chi connectivity index (χ3n) is 4.23. The molecule has 0 aromatic carbocycles. The van der Waals surface area contributed by atoms with E-state index in [1.165, 1.54) is 18.7 Å². The molecule has 0 fully saturated rings. The highest BCUT2D eigenvalue weighted by Crippen LogP contribution is 2.36. The highest BCUT2D eigenvalue weighted by Gasteiger charge is 2.39. The fourth-order valence-corrected chi connectivity index (χ4v) is 2.92. The quantitative estimate of drug-likeness (QED) is 0.782. The van der Waals surface area contributed by atoms with E-state index >= 15 is 0 Å². The van der Waals surface area contributed by atoms with E-state index in [4.69, 9.17) is 11.6 Å². The maximum absolute atomic E-state index is 13.0. The van der Waals surface area contributed by atoms with Gasteiger partial charge in [0.1, 0.15) is 6.04 Å². The molecule has 26 heavy (non-hydrogen) atoms. The van der Waals surface area contributed by atoms with Gasteiger partial charge in [-0.3, -0.25) is 14.2 Å². The third kappa shape index (κ3) is 3.87. The standard InChI is InChI=1S/C16H21ClF3N5O/c1-6-24-8-12(9(2)21-24)7-23(5)15(26)11(4)25-10(3)13(17)14(22-25)16(18,19)20/h8,11H,6-7H2,1-5H3. The Morgan fingerprint density at radius 3 is 2.42 bits per heavy atom. The van der Waals surface area contributed by atoms with E-state index < -0.39 is 22.9 Å². The molecule has 0 radical (unpaired) electrons. The molecule has 6 nitrogen and oxygen atoms in total. The van der Waals surface area contributed by atoms with Crippen LogP contribution in [0, 0.1) is 13.8 Å². The van der Waals surface area contributed by atoms with Crippen LogP contribution in [0.5, 0.6) is 0 Å². The number of halogens is 4. The van der Waals surface area contributed by atoms with Crippen LogP contribution in [0.2, 0.25) is 5.02 Å². The lowest BCUT2D eigenvalue weighted by Crippen LogP contribution is -2.33. The lowest BCUT2D eigenvalue weighted by atomic mass is 10.2. The number of hydrogen-bond acceptors (Lipinski definition) is 3. The zero-order valence-corrected chi connectivity index (χ0v) is 16.0. The predicted octanol–water partition coefficient (Wildman–Crippen LogP) is 3.61. The van der Waals surface area contributed by atoms with Gasteiger partial charge in [-0.15, -0.1) is 0 Å². The lowest BCUT2D eigenvalue weighted by molar-refractivity contribution is -0.142. The largest absolute Gasteiger partial charge is 0.436 e. The number of aryl methyl sites for hydroxylation is 2. The monoisotopic (exact) mass is 391 g/mol. The summed E-state index contributed by atoms with van der Waals surface area (Å²) in [6.07, 6.45) is -2.82. The average molecular weight is 392 g/mol. The number of hydrogen-bond donors (Lipinski definition) is 0. The smallest absolute Gasteiger partial charge is 0.339 e. The number of likely N-dealkylation sites (N-methyl/N-ethyl adjacent to an activating group) is 1. The molecule has 10 heteroatoms. The van der Waals surface area contributed by atoms with Crippen LogP contribution in [0.25, 0.3) is 0 Å². The molecular weight excluding hydrogens is 371 g/mol. The Morgan fingerprint density at radius 2 is 1.96 bits per heavy atom. The number of aromatic nitrogens is 4. The van der Waals surface area contributed by atoms with Crippen LogP contribution in [-0.2, 0) is 24.1 Å². The number of amides is 1. The van der Waals surface area contributed by atoms with Crippen molar-refractivity contribution in [2.45, 2.75) is 53.0 Å². The van der Waals surface area contributed by atoms with Gasteiger partial charge in [-0.1, -0.05) is 11.6 Å². The van der Waals surface area contributed by atoms with Gasteiger partial charge < -0.3 is 4.90 Å². The summed E-state index contributed by atoms with van der Waals surface area (Å²) in [6.45, 7) is 7.71. The Kier molecular flexibility index (Phi) is 5.70. The molecule has 144 valence electrons. The molecule has 1 unspecified atom stereocenters. The number of nitrogens with zero attached hydrogens (tertiary/aromatic N) is 5. The van der Waals surface area contributed by atoms with Gasteiger partial charge in [0.25, 0.3) is 0 Å². The number of alkyl halides is 3. The van der Waals surface area contributed by atoms with Crippen molar-refractivity contribution in [1.82, 2.24) is 24.5 Å². The van der Waals surface area contributed by atoms with Crippen molar-refractivity contribution in [3.05, 3.63) is 33.9 Å². The first kappa shape index (κ1) is 20.3. The summed E-state index contributed by atoms with van der Waals surface area (Å²) in [7, 11) is 1.59. The van der Waals surface area contributed by atoms with Gasteiger partial charge in [-0.2, -0.15) is 23.4 Å². The second-order valence-electron chi connectivity index (χ2n) is 6.16. The minimum Gasteiger partial charge on any atom is -0.339 e. The molecule has 2 aromatic heterocycles. The van der Waals surface area contributed by atoms with Gasteiger partial charge in [0.15, 0.2) is 5.69 Å². The van der Waals surface area contributed by atoms with Crippen molar-refractivity contribution >= 4 is 17.5 Å². The van der Waals surface area contributed by atoms with E-state index in [0.717, 1.165) is 15.9 Å². The van der Waals surface area contributed by atoms with Crippen molar-refractivity contribution in [2.24, 2.45) is 0 Å². The van der Waals surface area contributed by atoms with Crippen molar-refractivity contribution in [1.29, 1.82) is 0 Å². The van der Waals surface area contributed by atoms with Crippen LogP contribution < -0.4 is 0 Å². The SMILES string of the molecule is CCn1cc(CN(C)C(=O)C(C)n2nc(C(F)(F)F)c(Cl)c2C)c(C)n1. The molecule has 0 bridgehead atoms. The molecule has 1 atom stereocenters. The highest BCUT2D eigenvalue weighted by molar-refractivity contribution is 6.32. The normalized spacial score (nSPS) is 13.1. The van der Waals surface area contributed by atoms with Crippen LogP contribution >= 0.6 is 11.6 Å². The van der Waals surface area contributed by atoms with Gasteiger partial charge in [-0.25, -0.2) is 0 Å². The summed E-state index contributed by atoms with van der Waals surface area (Å²) in [5.41, 5.74) is 0.597. The molecule has 0 N–H and O–H groups in total. The van der Waals surface area contributed by atoms with Crippen molar-refractivity contribution in [3.63, 3.8) is 0 Å². The Hall–Kier alpha value is -2.03. The predicted molar refractivity (Wildman–Crippen MR) is 90.8 cm³/mol. The second-order valence-corrected chi connectivity index (χ2v) is 6.53. The summed E-state index contributed by atoms with van der Waals surface area (Å²) in [5, 5.41) is 7.35. The third-order valence-corrected chi connectivity index (χ3v) is 4.68. The molecule has 2 aromatic rings. The number of carbonyl (C=O) groups is 1. The van der Waals surface area contributed by atoms with E-state index in [-0.39, 0.29) is 11.6 Å². The maximum Gasteiger partial charge on any atom is 0.436 e. The topological polar surface area (TPSA) is 56.0 Å². The molecule has 0 spiro atoms. The highest BCUT2D eigenvalue weighted by atomic mass is 35.5. The Balaban J connectivity index is 2.22. The molecule has 0 saturated carbocycles. The average Bonchev–Trinajstić information content (AvgIpc) is 3.06. The summed E-state index contributed by atoms with van der Waals surface area (Å²) in [4.78, 5) is 14.1. The first-order valence-electron chi connectivity index (χ1n) is 8.07. The van der Waals surface area contributed by atoms with Gasteiger partial charge in [0.05, 0.1) is 16.4 Å². The Morgan fingerprint density at radius 1 is 1.35 bits per heavy atom. The van der Waals surface area contributed by atoms with Crippen LogP contribution in [0.3, 0.4) is 0 Å². The van der Waals surface area contributed by atoms with E-state index in [2.05, 4.69) is 10.2 Å². The molecule has 0 aliphatic carbocycles. The first-order chi connectivity index (χ1) is 12.0. The second kappa shape index (κ2) is 7.30. The molecule has 1 amide bonds. The van der Waals surface area contributed by atoms with E-state index in [0.29, 0.717) is 13.1 Å². The summed E-state index contributed by atoms with van der Waals surface area (Å²) in [5.74, 6) is -0.371. The van der Waals surface area contributed by atoms with Crippen LogP contribution in [0.4, 0.5) is 13.2 Å². The molecule has 2 rings (SSSR count). The minimum absolute atomic E-state index is 0.100. The Labute approximate surface area is 154 Å². The van der Waals surface area contributed by atoms with Crippen LogP contribution in [0.1, 0.15) is 42.5 Å². The van der Waals surface area contributed by atoms with E-state index in [1.54, 1.807) is 11.7 Å². The number of carbonyl (C=O) groups excluding carboxylic acids is 1. The molecule has 0 saturated heterocycles. The molecule has 2 heterocycles. The van der Waals surface area contributed by atoms with Gasteiger partial charge in [0, 0.05) is 31.9 Å².